The molecular weight excluding hydrogens is 587 g/mol. The Bertz CT molecular complexity index is 1910. The summed E-state index contributed by atoms with van der Waals surface area (Å²) in [5.74, 6) is 0.705. The number of nitrogens with one attached hydrogen (secondary N) is 2. The highest BCUT2D eigenvalue weighted by atomic mass is 32.2. The van der Waals surface area contributed by atoms with E-state index in [0.29, 0.717) is 40.4 Å². The lowest BCUT2D eigenvalue weighted by atomic mass is 9.80. The standard InChI is InChI=1S/C17H17N7O3S.C7H10BNO4S/c1-3-24-15-12(10-4-6-11(7-5-10)23-28(2,25)26)8-19-9-13(15)20-17(24)14-16(18)22-27-21-14;1-14(12,13)9-7-4-2-6(3-5-7)8(10)11/h4-9,23H,3H2,1-2H3,(H2,18,22);2-5,9-11H,1H3. The monoisotopic (exact) mass is 614 g/mol. The second kappa shape index (κ2) is 12.2. The van der Waals surface area contributed by atoms with Gasteiger partial charge < -0.3 is 20.3 Å². The summed E-state index contributed by atoms with van der Waals surface area (Å²) in [4.78, 5) is 8.89. The number of aromatic nitrogens is 5. The first kappa shape index (κ1) is 30.4. The van der Waals surface area contributed by atoms with Gasteiger partial charge in [0.2, 0.25) is 20.0 Å². The number of benzene rings is 2. The second-order valence-corrected chi connectivity index (χ2v) is 12.6. The number of aryl methyl sites for hydroxylation is 1. The first-order valence-electron chi connectivity index (χ1n) is 12.2. The zero-order valence-electron chi connectivity index (χ0n) is 22.6. The summed E-state index contributed by atoms with van der Waals surface area (Å²) in [6, 6.07) is 12.8. The highest BCUT2D eigenvalue weighted by Gasteiger charge is 2.21. The minimum absolute atomic E-state index is 0.163. The van der Waals surface area contributed by atoms with Gasteiger partial charge in [0, 0.05) is 29.7 Å². The molecule has 0 atom stereocenters. The molecule has 0 spiro atoms. The molecule has 0 aliphatic carbocycles. The predicted molar refractivity (Wildman–Crippen MR) is 160 cm³/mol. The van der Waals surface area contributed by atoms with E-state index in [9.17, 15) is 16.8 Å². The number of pyridine rings is 1. The smallest absolute Gasteiger partial charge is 0.423 e. The molecule has 0 saturated heterocycles. The summed E-state index contributed by atoms with van der Waals surface area (Å²) in [5, 5.41) is 25.0. The maximum absolute atomic E-state index is 11.4. The predicted octanol–water partition coefficient (Wildman–Crippen LogP) is 0.860. The molecule has 42 heavy (non-hydrogen) atoms. The molecule has 2 aromatic carbocycles. The normalized spacial score (nSPS) is 11.5. The third-order valence-corrected chi connectivity index (χ3v) is 6.92. The van der Waals surface area contributed by atoms with Gasteiger partial charge in [0.25, 0.3) is 0 Å². The molecular formula is C24H27BN8O7S2. The highest BCUT2D eigenvalue weighted by molar-refractivity contribution is 7.92. The summed E-state index contributed by atoms with van der Waals surface area (Å²) >= 11 is 0. The zero-order chi connectivity index (χ0) is 30.7. The molecule has 6 N–H and O–H groups in total. The van der Waals surface area contributed by atoms with Crippen LogP contribution >= 0.6 is 0 Å². The van der Waals surface area contributed by atoms with Crippen LogP contribution in [0.3, 0.4) is 0 Å². The van der Waals surface area contributed by atoms with Crippen molar-refractivity contribution >= 4 is 60.9 Å². The Balaban J connectivity index is 0.000000244. The fourth-order valence-electron chi connectivity index (χ4n) is 4.01. The minimum Gasteiger partial charge on any atom is -0.423 e. The molecule has 15 nitrogen and oxygen atoms in total. The number of nitrogens with two attached hydrogens (primary N) is 1. The summed E-state index contributed by atoms with van der Waals surface area (Å²) in [6.45, 7) is 2.60. The van der Waals surface area contributed by atoms with Crippen LogP contribution in [0, 0.1) is 0 Å². The number of sulfonamides is 2. The first-order chi connectivity index (χ1) is 19.8. The van der Waals surface area contributed by atoms with E-state index in [0.717, 1.165) is 29.2 Å². The molecule has 220 valence electrons. The molecule has 5 aromatic rings. The topological polar surface area (TPSA) is 228 Å². The fourth-order valence-corrected chi connectivity index (χ4v) is 5.14. The summed E-state index contributed by atoms with van der Waals surface area (Å²) in [7, 11) is -8.16. The van der Waals surface area contributed by atoms with Gasteiger partial charge in [-0.25, -0.2) is 26.4 Å². The molecule has 0 radical (unpaired) electrons. The van der Waals surface area contributed by atoms with Crippen molar-refractivity contribution in [2.45, 2.75) is 13.5 Å². The molecule has 3 heterocycles. The lowest BCUT2D eigenvalue weighted by Crippen LogP contribution is -2.29. The Hall–Kier alpha value is -4.52. The third kappa shape index (κ3) is 7.41. The lowest BCUT2D eigenvalue weighted by molar-refractivity contribution is 0.310. The van der Waals surface area contributed by atoms with Gasteiger partial charge in [-0.3, -0.25) is 14.4 Å². The van der Waals surface area contributed by atoms with Crippen molar-refractivity contribution < 1.29 is 31.5 Å². The Morgan fingerprint density at radius 3 is 1.95 bits per heavy atom. The molecule has 0 saturated carbocycles. The number of nitrogens with zero attached hydrogens (tertiary/aromatic N) is 5. The van der Waals surface area contributed by atoms with Crippen molar-refractivity contribution in [1.82, 2.24) is 24.8 Å². The molecule has 18 heteroatoms. The number of nitrogen functional groups attached to an aromatic ring is 1. The van der Waals surface area contributed by atoms with Gasteiger partial charge in [-0.2, -0.15) is 0 Å². The average Bonchev–Trinajstić information content (AvgIpc) is 3.50. The number of rotatable bonds is 8. The van der Waals surface area contributed by atoms with Gasteiger partial charge in [0.15, 0.2) is 17.3 Å². The van der Waals surface area contributed by atoms with Crippen LogP contribution in [-0.4, -0.2) is 71.4 Å². The number of hydrogen-bond donors (Lipinski definition) is 5. The molecule has 0 aliphatic heterocycles. The van der Waals surface area contributed by atoms with Crippen molar-refractivity contribution in [3.05, 3.63) is 60.9 Å². The molecule has 3 aromatic heterocycles. The molecule has 0 fully saturated rings. The van der Waals surface area contributed by atoms with E-state index in [-0.39, 0.29) is 5.82 Å². The largest absolute Gasteiger partial charge is 0.488 e. The van der Waals surface area contributed by atoms with Crippen LogP contribution in [0.25, 0.3) is 33.7 Å². The SMILES string of the molecule is CCn1c(-c2nonc2N)nc2cncc(-c3ccc(NS(C)(=O)=O)cc3)c21.CS(=O)(=O)Nc1ccc(B(O)O)cc1. The van der Waals surface area contributed by atoms with Gasteiger partial charge in [-0.15, -0.1) is 0 Å². The molecule has 0 bridgehead atoms. The molecule has 0 unspecified atom stereocenters. The number of hydrogen-bond acceptors (Lipinski definition) is 12. The van der Waals surface area contributed by atoms with Gasteiger partial charge in [0.05, 0.1) is 24.2 Å². The van der Waals surface area contributed by atoms with Gasteiger partial charge in [-0.05, 0) is 52.5 Å². The van der Waals surface area contributed by atoms with E-state index in [1.54, 1.807) is 24.5 Å². The van der Waals surface area contributed by atoms with Gasteiger partial charge in [0.1, 0.15) is 5.52 Å². The van der Waals surface area contributed by atoms with E-state index < -0.39 is 27.2 Å². The van der Waals surface area contributed by atoms with E-state index in [1.165, 1.54) is 24.3 Å². The maximum atomic E-state index is 11.4. The van der Waals surface area contributed by atoms with Crippen LogP contribution < -0.4 is 20.6 Å². The highest BCUT2D eigenvalue weighted by Crippen LogP contribution is 2.33. The zero-order valence-corrected chi connectivity index (χ0v) is 24.3. The summed E-state index contributed by atoms with van der Waals surface area (Å²) < 4.78 is 55.8. The quantitative estimate of drug-likeness (QED) is 0.153. The van der Waals surface area contributed by atoms with E-state index in [4.69, 9.17) is 20.4 Å². The van der Waals surface area contributed by atoms with Gasteiger partial charge in [-0.1, -0.05) is 24.3 Å². The number of fused-ring (bicyclic) bond motifs is 1. The van der Waals surface area contributed by atoms with Crippen molar-refractivity contribution in [1.29, 1.82) is 0 Å². The van der Waals surface area contributed by atoms with Crippen LogP contribution in [-0.2, 0) is 26.6 Å². The maximum Gasteiger partial charge on any atom is 0.488 e. The molecule has 5 rings (SSSR count). The lowest BCUT2D eigenvalue weighted by Gasteiger charge is -2.09. The summed E-state index contributed by atoms with van der Waals surface area (Å²) in [5.41, 5.74) is 10.6. The van der Waals surface area contributed by atoms with Crippen molar-refractivity contribution in [3.8, 4) is 22.6 Å². The molecule has 0 aliphatic rings. The minimum atomic E-state index is -3.34. The average molecular weight is 614 g/mol. The first-order valence-corrected chi connectivity index (χ1v) is 16.0. The molecule has 0 amide bonds. The Labute approximate surface area is 241 Å². The van der Waals surface area contributed by atoms with Crippen molar-refractivity contribution in [2.75, 3.05) is 27.7 Å². The van der Waals surface area contributed by atoms with Crippen molar-refractivity contribution in [2.24, 2.45) is 0 Å². The van der Waals surface area contributed by atoms with Gasteiger partial charge >= 0.3 is 7.12 Å². The van der Waals surface area contributed by atoms with Crippen LogP contribution in [0.1, 0.15) is 6.92 Å². The van der Waals surface area contributed by atoms with Crippen LogP contribution in [0.5, 0.6) is 0 Å². The fraction of sp³-hybridized carbons (Fsp3) is 0.167. The van der Waals surface area contributed by atoms with Crippen LogP contribution in [0.4, 0.5) is 17.2 Å². The summed E-state index contributed by atoms with van der Waals surface area (Å²) in [6.07, 6.45) is 5.56. The Kier molecular flexibility index (Phi) is 8.81. The van der Waals surface area contributed by atoms with Crippen LogP contribution in [0.15, 0.2) is 65.6 Å². The Morgan fingerprint density at radius 2 is 1.48 bits per heavy atom. The van der Waals surface area contributed by atoms with E-state index in [2.05, 4.69) is 29.7 Å². The van der Waals surface area contributed by atoms with Crippen molar-refractivity contribution in [3.63, 3.8) is 0 Å². The third-order valence-electron chi connectivity index (χ3n) is 5.70. The van der Waals surface area contributed by atoms with Crippen LogP contribution in [0.2, 0.25) is 0 Å². The Morgan fingerprint density at radius 1 is 0.905 bits per heavy atom. The number of imidazole rings is 1. The van der Waals surface area contributed by atoms with E-state index >= 15 is 0 Å². The van der Waals surface area contributed by atoms with E-state index in [1.807, 2.05) is 23.6 Å². The second-order valence-electron chi connectivity index (χ2n) is 9.05. The number of anilines is 3.